The molecule has 1 saturated heterocycles. The second kappa shape index (κ2) is 7.65. The summed E-state index contributed by atoms with van der Waals surface area (Å²) in [6.07, 6.45) is -0.306. The quantitative estimate of drug-likeness (QED) is 0.802. The molecule has 2 aromatic rings. The van der Waals surface area contributed by atoms with Crippen molar-refractivity contribution in [2.75, 3.05) is 27.4 Å². The highest BCUT2D eigenvalue weighted by Gasteiger charge is 2.38. The number of morpholine rings is 1. The SMILES string of the molecule is COc1ccc(S(=O)(=O)N2CCO[C@@H](c3ccccc3)[C@@H]2C)cc1OC. The fraction of sp³-hybridized carbons (Fsp3) is 0.368. The number of rotatable bonds is 5. The van der Waals surface area contributed by atoms with Crippen LogP contribution in [-0.4, -0.2) is 46.1 Å². The summed E-state index contributed by atoms with van der Waals surface area (Å²) in [5.74, 6) is 0.873. The molecule has 1 heterocycles. The van der Waals surface area contributed by atoms with Gasteiger partial charge in [0.25, 0.3) is 0 Å². The number of ether oxygens (including phenoxy) is 3. The lowest BCUT2D eigenvalue weighted by Gasteiger charge is -2.38. The summed E-state index contributed by atoms with van der Waals surface area (Å²) in [4.78, 5) is 0.177. The van der Waals surface area contributed by atoms with Gasteiger partial charge in [0.1, 0.15) is 0 Å². The Morgan fingerprint density at radius 1 is 1.04 bits per heavy atom. The summed E-state index contributed by atoms with van der Waals surface area (Å²) >= 11 is 0. The van der Waals surface area contributed by atoms with Gasteiger partial charge in [-0.25, -0.2) is 8.42 Å². The predicted octanol–water partition coefficient (Wildman–Crippen LogP) is 2.85. The molecule has 0 N–H and O–H groups in total. The average Bonchev–Trinajstić information content (AvgIpc) is 2.68. The molecule has 0 bridgehead atoms. The molecule has 0 saturated carbocycles. The van der Waals surface area contributed by atoms with Crippen LogP contribution >= 0.6 is 0 Å². The van der Waals surface area contributed by atoms with Gasteiger partial charge in [0.05, 0.1) is 37.9 Å². The third kappa shape index (κ3) is 3.42. The number of nitrogens with zero attached hydrogens (tertiary/aromatic N) is 1. The van der Waals surface area contributed by atoms with Crippen LogP contribution in [0, 0.1) is 0 Å². The third-order valence-electron chi connectivity index (χ3n) is 4.59. The normalized spacial score (nSPS) is 21.3. The minimum absolute atomic E-state index is 0.177. The van der Waals surface area contributed by atoms with Crippen molar-refractivity contribution in [3.8, 4) is 11.5 Å². The highest BCUT2D eigenvalue weighted by Crippen LogP contribution is 2.35. The van der Waals surface area contributed by atoms with Gasteiger partial charge in [-0.1, -0.05) is 30.3 Å². The summed E-state index contributed by atoms with van der Waals surface area (Å²) in [5.41, 5.74) is 0.965. The van der Waals surface area contributed by atoms with Crippen LogP contribution in [0.2, 0.25) is 0 Å². The number of hydrogen-bond acceptors (Lipinski definition) is 5. The maximum atomic E-state index is 13.2. The van der Waals surface area contributed by atoms with Crippen molar-refractivity contribution in [1.29, 1.82) is 0 Å². The number of hydrogen-bond donors (Lipinski definition) is 0. The minimum Gasteiger partial charge on any atom is -0.493 e. The van der Waals surface area contributed by atoms with Crippen molar-refractivity contribution in [1.82, 2.24) is 4.31 Å². The van der Waals surface area contributed by atoms with Crippen LogP contribution in [0.4, 0.5) is 0 Å². The summed E-state index contributed by atoms with van der Waals surface area (Å²) in [6.45, 7) is 2.52. The smallest absolute Gasteiger partial charge is 0.243 e. The number of sulfonamides is 1. The second-order valence-electron chi connectivity index (χ2n) is 6.08. The van der Waals surface area contributed by atoms with Crippen LogP contribution in [0.1, 0.15) is 18.6 Å². The van der Waals surface area contributed by atoms with Crippen molar-refractivity contribution < 1.29 is 22.6 Å². The average molecular weight is 377 g/mol. The van der Waals surface area contributed by atoms with E-state index in [2.05, 4.69) is 0 Å². The Morgan fingerprint density at radius 3 is 2.38 bits per heavy atom. The molecule has 2 atom stereocenters. The van der Waals surface area contributed by atoms with Crippen molar-refractivity contribution in [2.45, 2.75) is 24.0 Å². The van der Waals surface area contributed by atoms with Crippen molar-refractivity contribution in [3.05, 3.63) is 54.1 Å². The zero-order valence-corrected chi connectivity index (χ0v) is 15.9. The Kier molecular flexibility index (Phi) is 5.50. The summed E-state index contributed by atoms with van der Waals surface area (Å²) in [7, 11) is -0.694. The van der Waals surface area contributed by atoms with Gasteiger partial charge in [-0.15, -0.1) is 0 Å². The molecular formula is C19H23NO5S. The van der Waals surface area contributed by atoms with Crippen LogP contribution < -0.4 is 9.47 Å². The fourth-order valence-corrected chi connectivity index (χ4v) is 4.86. The molecule has 1 aliphatic rings. The van der Waals surface area contributed by atoms with E-state index in [4.69, 9.17) is 14.2 Å². The van der Waals surface area contributed by atoms with E-state index in [0.717, 1.165) is 5.56 Å². The maximum absolute atomic E-state index is 13.2. The van der Waals surface area contributed by atoms with Crippen LogP contribution in [0.5, 0.6) is 11.5 Å². The molecule has 7 heteroatoms. The number of methoxy groups -OCH3 is 2. The largest absolute Gasteiger partial charge is 0.493 e. The molecule has 26 heavy (non-hydrogen) atoms. The molecule has 6 nitrogen and oxygen atoms in total. The first-order chi connectivity index (χ1) is 12.5. The molecule has 0 spiro atoms. The van der Waals surface area contributed by atoms with Crippen LogP contribution in [0.3, 0.4) is 0 Å². The molecule has 0 unspecified atom stereocenters. The van der Waals surface area contributed by atoms with Gasteiger partial charge in [0, 0.05) is 12.6 Å². The standard InChI is InChI=1S/C19H23NO5S/c1-14-19(15-7-5-4-6-8-15)25-12-11-20(14)26(21,22)16-9-10-17(23-2)18(13-16)24-3/h4-10,13-14,19H,11-12H2,1-3H3/t14-,19+/m0/s1. The molecule has 0 radical (unpaired) electrons. The molecular weight excluding hydrogens is 354 g/mol. The van der Waals surface area contributed by atoms with Crippen molar-refractivity contribution in [3.63, 3.8) is 0 Å². The molecule has 0 aromatic heterocycles. The van der Waals surface area contributed by atoms with Gasteiger partial charge < -0.3 is 14.2 Å². The zero-order valence-electron chi connectivity index (χ0n) is 15.1. The fourth-order valence-electron chi connectivity index (χ4n) is 3.23. The zero-order chi connectivity index (χ0) is 18.7. The maximum Gasteiger partial charge on any atom is 0.243 e. The number of benzene rings is 2. The topological polar surface area (TPSA) is 65.1 Å². The summed E-state index contributed by atoms with van der Waals surface area (Å²) < 4.78 is 44.2. The van der Waals surface area contributed by atoms with Crippen LogP contribution in [-0.2, 0) is 14.8 Å². The van der Waals surface area contributed by atoms with Gasteiger partial charge in [0.15, 0.2) is 11.5 Å². The van der Waals surface area contributed by atoms with Crippen LogP contribution in [0.25, 0.3) is 0 Å². The first-order valence-corrected chi connectivity index (χ1v) is 9.83. The molecule has 1 fully saturated rings. The third-order valence-corrected chi connectivity index (χ3v) is 6.57. The van der Waals surface area contributed by atoms with Crippen molar-refractivity contribution in [2.24, 2.45) is 0 Å². The Balaban J connectivity index is 1.94. The van der Waals surface area contributed by atoms with Gasteiger partial charge >= 0.3 is 0 Å². The minimum atomic E-state index is -3.69. The van der Waals surface area contributed by atoms with E-state index in [1.807, 2.05) is 37.3 Å². The van der Waals surface area contributed by atoms with E-state index in [-0.39, 0.29) is 17.0 Å². The van der Waals surface area contributed by atoms with E-state index in [1.54, 1.807) is 6.07 Å². The van der Waals surface area contributed by atoms with E-state index in [1.165, 1.54) is 30.7 Å². The molecule has 0 amide bonds. The van der Waals surface area contributed by atoms with Crippen LogP contribution in [0.15, 0.2) is 53.4 Å². The highest BCUT2D eigenvalue weighted by atomic mass is 32.2. The Morgan fingerprint density at radius 2 is 1.73 bits per heavy atom. The van der Waals surface area contributed by atoms with E-state index < -0.39 is 10.0 Å². The molecule has 2 aromatic carbocycles. The van der Waals surface area contributed by atoms with Gasteiger partial charge in [0.2, 0.25) is 10.0 Å². The lowest BCUT2D eigenvalue weighted by atomic mass is 10.0. The summed E-state index contributed by atoms with van der Waals surface area (Å²) in [6, 6.07) is 14.0. The van der Waals surface area contributed by atoms with E-state index in [0.29, 0.717) is 24.7 Å². The first-order valence-electron chi connectivity index (χ1n) is 8.39. The molecule has 3 rings (SSSR count). The molecule has 1 aliphatic heterocycles. The second-order valence-corrected chi connectivity index (χ2v) is 7.97. The molecule has 0 aliphatic carbocycles. The monoisotopic (exact) mass is 377 g/mol. The lowest BCUT2D eigenvalue weighted by molar-refractivity contribution is -0.0361. The predicted molar refractivity (Wildman–Crippen MR) is 98.0 cm³/mol. The molecule has 140 valence electrons. The lowest BCUT2D eigenvalue weighted by Crippen LogP contribution is -2.48. The van der Waals surface area contributed by atoms with E-state index in [9.17, 15) is 8.42 Å². The highest BCUT2D eigenvalue weighted by molar-refractivity contribution is 7.89. The van der Waals surface area contributed by atoms with Gasteiger partial charge in [-0.2, -0.15) is 4.31 Å². The first kappa shape index (κ1) is 18.7. The van der Waals surface area contributed by atoms with Gasteiger partial charge in [-0.3, -0.25) is 0 Å². The Labute approximate surface area is 154 Å². The van der Waals surface area contributed by atoms with E-state index >= 15 is 0 Å². The Hall–Kier alpha value is -2.09. The van der Waals surface area contributed by atoms with Crippen molar-refractivity contribution >= 4 is 10.0 Å². The Bertz CT molecular complexity index is 853. The van der Waals surface area contributed by atoms with Gasteiger partial charge in [-0.05, 0) is 24.6 Å². The summed E-state index contributed by atoms with van der Waals surface area (Å²) in [5, 5.41) is 0.